The van der Waals surface area contributed by atoms with Gasteiger partial charge < -0.3 is 15.8 Å². The number of nitrogens with one attached hydrogen (secondary N) is 2. The van der Waals surface area contributed by atoms with Crippen LogP contribution in [-0.4, -0.2) is 37.2 Å². The number of hydrogen-bond acceptors (Lipinski definition) is 4. The van der Waals surface area contributed by atoms with Crippen molar-refractivity contribution in [1.29, 1.82) is 0 Å². The summed E-state index contributed by atoms with van der Waals surface area (Å²) in [6.45, 7) is 5.91. The molecule has 0 radical (unpaired) electrons. The third-order valence-corrected chi connectivity index (χ3v) is 2.03. The molecule has 15 heavy (non-hydrogen) atoms. The number of ether oxygens (including phenoxy) is 1. The number of rotatable bonds is 5. The average Bonchev–Trinajstić information content (AvgIpc) is 2.13. The van der Waals surface area contributed by atoms with Gasteiger partial charge in [0, 0.05) is 13.7 Å². The molecule has 6 nitrogen and oxygen atoms in total. The number of hydrogen-bond donors (Lipinski definition) is 3. The van der Waals surface area contributed by atoms with Gasteiger partial charge in [-0.25, -0.2) is 4.79 Å². The third-order valence-electron chi connectivity index (χ3n) is 2.03. The predicted octanol–water partition coefficient (Wildman–Crippen LogP) is -0.416. The molecule has 0 aromatic rings. The molecule has 4 N–H and O–H groups in total. The average molecular weight is 217 g/mol. The van der Waals surface area contributed by atoms with Gasteiger partial charge in [-0.1, -0.05) is 0 Å². The molecule has 6 heteroatoms. The predicted molar refractivity (Wildman–Crippen MR) is 56.3 cm³/mol. The lowest BCUT2D eigenvalue weighted by atomic mass is 10.1. The van der Waals surface area contributed by atoms with E-state index in [9.17, 15) is 9.59 Å². The van der Waals surface area contributed by atoms with Crippen LogP contribution in [0.5, 0.6) is 0 Å². The molecule has 0 saturated carbocycles. The molecule has 3 amide bonds. The van der Waals surface area contributed by atoms with E-state index in [1.807, 2.05) is 19.2 Å². The number of carbonyl (C=O) groups is 2. The van der Waals surface area contributed by atoms with Gasteiger partial charge in [-0.15, -0.1) is 0 Å². The van der Waals surface area contributed by atoms with Crippen LogP contribution in [0.15, 0.2) is 0 Å². The highest BCUT2D eigenvalue weighted by atomic mass is 16.5. The maximum absolute atomic E-state index is 11.2. The highest BCUT2D eigenvalue weighted by Crippen LogP contribution is 2.05. The summed E-state index contributed by atoms with van der Waals surface area (Å²) >= 11 is 0. The van der Waals surface area contributed by atoms with Gasteiger partial charge in [0.1, 0.15) is 0 Å². The summed E-state index contributed by atoms with van der Waals surface area (Å²) < 4.78 is 5.16. The first-order valence-electron chi connectivity index (χ1n) is 4.67. The Hall–Kier alpha value is -1.14. The Balaban J connectivity index is 3.98. The van der Waals surface area contributed by atoms with E-state index in [2.05, 4.69) is 5.32 Å². The molecule has 0 aromatic carbocycles. The Morgan fingerprint density at radius 2 is 2.00 bits per heavy atom. The first-order chi connectivity index (χ1) is 6.78. The minimum absolute atomic E-state index is 0.360. The summed E-state index contributed by atoms with van der Waals surface area (Å²) in [6, 6.07) is -1.34. The lowest BCUT2D eigenvalue weighted by Crippen LogP contribution is -2.50. The fraction of sp³-hybridized carbons (Fsp3) is 0.778. The smallest absolute Gasteiger partial charge is 0.318 e. The van der Waals surface area contributed by atoms with Crippen LogP contribution in [0.3, 0.4) is 0 Å². The molecule has 0 aliphatic carbocycles. The summed E-state index contributed by atoms with van der Waals surface area (Å²) in [4.78, 5) is 21.7. The molecule has 0 saturated heterocycles. The Morgan fingerprint density at radius 1 is 1.47 bits per heavy atom. The van der Waals surface area contributed by atoms with E-state index < -0.39 is 18.0 Å². The largest absolute Gasteiger partial charge is 0.377 e. The molecular formula is C9H19N3O3. The summed E-state index contributed by atoms with van der Waals surface area (Å²) in [5.41, 5.74) is 4.46. The van der Waals surface area contributed by atoms with Crippen molar-refractivity contribution in [2.24, 2.45) is 5.73 Å². The second-order valence-electron chi connectivity index (χ2n) is 3.92. The number of methoxy groups -OCH3 is 1. The maximum Gasteiger partial charge on any atom is 0.318 e. The van der Waals surface area contributed by atoms with Gasteiger partial charge in [0.2, 0.25) is 5.91 Å². The number of carbonyl (C=O) groups excluding carboxylic acids is 2. The molecule has 0 fully saturated rings. The van der Waals surface area contributed by atoms with E-state index in [1.54, 1.807) is 14.0 Å². The summed E-state index contributed by atoms with van der Waals surface area (Å²) in [5.74, 6) is -0.450. The van der Waals surface area contributed by atoms with Gasteiger partial charge in [0.05, 0.1) is 11.6 Å². The molecule has 88 valence electrons. The van der Waals surface area contributed by atoms with Gasteiger partial charge in [0.25, 0.3) is 0 Å². The minimum Gasteiger partial charge on any atom is -0.377 e. The topological polar surface area (TPSA) is 93.4 Å². The zero-order valence-corrected chi connectivity index (χ0v) is 9.59. The molecule has 0 bridgehead atoms. The minimum atomic E-state index is -0.848. The number of imide groups is 1. The molecule has 0 spiro atoms. The second kappa shape index (κ2) is 5.67. The van der Waals surface area contributed by atoms with Crippen LogP contribution in [0, 0.1) is 0 Å². The molecule has 0 rings (SSSR count). The van der Waals surface area contributed by atoms with E-state index in [-0.39, 0.29) is 5.60 Å². The van der Waals surface area contributed by atoms with E-state index in [0.29, 0.717) is 6.54 Å². The van der Waals surface area contributed by atoms with Crippen molar-refractivity contribution >= 4 is 11.9 Å². The summed E-state index contributed by atoms with van der Waals surface area (Å²) in [7, 11) is 1.59. The summed E-state index contributed by atoms with van der Waals surface area (Å²) in [5, 5.41) is 4.93. The van der Waals surface area contributed by atoms with Crippen molar-refractivity contribution in [3.05, 3.63) is 0 Å². The molecular weight excluding hydrogens is 198 g/mol. The fourth-order valence-electron chi connectivity index (χ4n) is 0.793. The highest BCUT2D eigenvalue weighted by Gasteiger charge is 2.20. The normalized spacial score (nSPS) is 13.3. The van der Waals surface area contributed by atoms with Crippen molar-refractivity contribution in [2.75, 3.05) is 13.7 Å². The van der Waals surface area contributed by atoms with E-state index in [4.69, 9.17) is 10.5 Å². The van der Waals surface area contributed by atoms with Crippen LogP contribution in [0.1, 0.15) is 20.8 Å². The zero-order chi connectivity index (χ0) is 12.1. The van der Waals surface area contributed by atoms with Crippen molar-refractivity contribution < 1.29 is 14.3 Å². The van der Waals surface area contributed by atoms with Crippen LogP contribution in [0.25, 0.3) is 0 Å². The number of amides is 3. The lowest BCUT2D eigenvalue weighted by Gasteiger charge is -2.25. The van der Waals surface area contributed by atoms with Crippen molar-refractivity contribution in [3.63, 3.8) is 0 Å². The van der Waals surface area contributed by atoms with E-state index in [0.717, 1.165) is 0 Å². The number of primary amides is 1. The van der Waals surface area contributed by atoms with Crippen LogP contribution < -0.4 is 16.4 Å². The Labute approximate surface area is 89.5 Å². The van der Waals surface area contributed by atoms with Crippen LogP contribution in [-0.2, 0) is 9.53 Å². The molecule has 0 aliphatic rings. The Bertz CT molecular complexity index is 241. The maximum atomic E-state index is 11.2. The first kappa shape index (κ1) is 13.9. The number of urea groups is 1. The van der Waals surface area contributed by atoms with E-state index in [1.165, 1.54) is 0 Å². The monoisotopic (exact) mass is 217 g/mol. The quantitative estimate of drug-likeness (QED) is 0.583. The Morgan fingerprint density at radius 3 is 2.40 bits per heavy atom. The second-order valence-corrected chi connectivity index (χ2v) is 3.92. The van der Waals surface area contributed by atoms with Crippen molar-refractivity contribution in [3.8, 4) is 0 Å². The fourth-order valence-corrected chi connectivity index (χ4v) is 0.793. The van der Waals surface area contributed by atoms with Gasteiger partial charge in [0.15, 0.2) is 0 Å². The van der Waals surface area contributed by atoms with Crippen molar-refractivity contribution in [1.82, 2.24) is 10.6 Å². The first-order valence-corrected chi connectivity index (χ1v) is 4.67. The zero-order valence-electron chi connectivity index (χ0n) is 9.59. The lowest BCUT2D eigenvalue weighted by molar-refractivity contribution is -0.121. The molecule has 0 aromatic heterocycles. The molecule has 0 heterocycles. The van der Waals surface area contributed by atoms with Crippen LogP contribution in [0.2, 0.25) is 0 Å². The molecule has 1 unspecified atom stereocenters. The third kappa shape index (κ3) is 6.03. The van der Waals surface area contributed by atoms with Gasteiger partial charge in [-0.05, 0) is 20.8 Å². The standard InChI is InChI=1S/C9H19N3O3/c1-6(7(13)12-8(10)14)11-5-9(2,3)15-4/h6,11H,5H2,1-4H3,(H3,10,12,13,14). The van der Waals surface area contributed by atoms with Crippen LogP contribution in [0.4, 0.5) is 4.79 Å². The molecule has 0 aliphatic heterocycles. The van der Waals surface area contributed by atoms with Gasteiger partial charge in [-0.3, -0.25) is 10.1 Å². The van der Waals surface area contributed by atoms with Gasteiger partial charge >= 0.3 is 6.03 Å². The van der Waals surface area contributed by atoms with Crippen molar-refractivity contribution in [2.45, 2.75) is 32.4 Å². The number of nitrogens with two attached hydrogens (primary N) is 1. The molecule has 1 atom stereocenters. The van der Waals surface area contributed by atoms with Gasteiger partial charge in [-0.2, -0.15) is 0 Å². The van der Waals surface area contributed by atoms with E-state index >= 15 is 0 Å². The highest BCUT2D eigenvalue weighted by molar-refractivity contribution is 5.96. The SMILES string of the molecule is COC(C)(C)CNC(C)C(=O)NC(N)=O. The van der Waals surface area contributed by atoms with Crippen LogP contribution >= 0.6 is 0 Å². The summed E-state index contributed by atoms with van der Waals surface area (Å²) in [6.07, 6.45) is 0. The Kier molecular flexibility index (Phi) is 5.24.